The molecule has 0 aliphatic carbocycles. The predicted octanol–water partition coefficient (Wildman–Crippen LogP) is -0.597. The first-order valence-electron chi connectivity index (χ1n) is 4.82. The lowest BCUT2D eigenvalue weighted by Crippen LogP contribution is -2.36. The first-order chi connectivity index (χ1) is 7.91. The maximum absolute atomic E-state index is 10.8. The topological polar surface area (TPSA) is 129 Å². The second-order valence-electron chi connectivity index (χ2n) is 3.70. The molecular formula is C9H17NO7S. The van der Waals surface area contributed by atoms with Crippen LogP contribution in [0.5, 0.6) is 0 Å². The first kappa shape index (κ1) is 19.2. The van der Waals surface area contributed by atoms with Crippen molar-refractivity contribution in [3.63, 3.8) is 0 Å². The zero-order valence-corrected chi connectivity index (χ0v) is 11.2. The molecule has 0 aliphatic heterocycles. The van der Waals surface area contributed by atoms with Crippen molar-refractivity contribution < 1.29 is 31.9 Å². The number of Topliss-reactive ketones (excluding diaryl/α,β-unsaturated/α-hetero) is 3. The van der Waals surface area contributed by atoms with Crippen molar-refractivity contribution >= 4 is 27.7 Å². The summed E-state index contributed by atoms with van der Waals surface area (Å²) in [7, 11) is -4.67. The molecule has 0 aromatic heterocycles. The van der Waals surface area contributed by atoms with Gasteiger partial charge >= 0.3 is 10.4 Å². The Bertz CT molecular complexity index is 355. The summed E-state index contributed by atoms with van der Waals surface area (Å²) >= 11 is 0. The van der Waals surface area contributed by atoms with Gasteiger partial charge in [0.25, 0.3) is 0 Å². The van der Waals surface area contributed by atoms with Crippen molar-refractivity contribution in [3.05, 3.63) is 0 Å². The smallest absolute Gasteiger partial charge is 0.299 e. The van der Waals surface area contributed by atoms with Gasteiger partial charge in [-0.1, -0.05) is 0 Å². The fourth-order valence-electron chi connectivity index (χ4n) is 1.11. The van der Waals surface area contributed by atoms with Crippen LogP contribution in [0, 0.1) is 0 Å². The molecule has 9 heteroatoms. The maximum atomic E-state index is 10.8. The summed E-state index contributed by atoms with van der Waals surface area (Å²) in [5.41, 5.74) is 0. The van der Waals surface area contributed by atoms with Gasteiger partial charge in [0.15, 0.2) is 0 Å². The molecule has 0 aromatic carbocycles. The van der Waals surface area contributed by atoms with Crippen LogP contribution < -0.4 is 0 Å². The van der Waals surface area contributed by atoms with Gasteiger partial charge in [0.05, 0.1) is 19.6 Å². The summed E-state index contributed by atoms with van der Waals surface area (Å²) in [5, 5.41) is 0. The summed E-state index contributed by atoms with van der Waals surface area (Å²) in [6.45, 7) is 4.81. The molecule has 2 N–H and O–H groups in total. The largest absolute Gasteiger partial charge is 0.394 e. The van der Waals surface area contributed by atoms with E-state index in [0.29, 0.717) is 0 Å². The summed E-state index contributed by atoms with van der Waals surface area (Å²) in [6.07, 6.45) is 0. The Labute approximate surface area is 106 Å². The number of ketones is 3. The van der Waals surface area contributed by atoms with E-state index < -0.39 is 10.4 Å². The van der Waals surface area contributed by atoms with Gasteiger partial charge in [-0.25, -0.2) is 0 Å². The summed E-state index contributed by atoms with van der Waals surface area (Å²) in [6, 6.07) is 0. The molecule has 0 saturated heterocycles. The number of carbonyl (C=O) groups is 3. The normalized spacial score (nSPS) is 10.6. The van der Waals surface area contributed by atoms with Crippen molar-refractivity contribution in [3.8, 4) is 0 Å². The average molecular weight is 283 g/mol. The molecule has 0 atom stereocenters. The van der Waals surface area contributed by atoms with Crippen LogP contribution in [-0.4, -0.2) is 59.4 Å². The summed E-state index contributed by atoms with van der Waals surface area (Å²) < 4.78 is 31.6. The van der Waals surface area contributed by atoms with Gasteiger partial charge in [-0.05, 0) is 20.8 Å². The highest BCUT2D eigenvalue weighted by atomic mass is 32.3. The third-order valence-electron chi connectivity index (χ3n) is 1.34. The maximum Gasteiger partial charge on any atom is 0.394 e. The number of hydrogen-bond acceptors (Lipinski definition) is 6. The van der Waals surface area contributed by atoms with Crippen LogP contribution in [0.15, 0.2) is 0 Å². The van der Waals surface area contributed by atoms with E-state index in [1.165, 1.54) is 20.8 Å². The fourth-order valence-corrected chi connectivity index (χ4v) is 1.11. The Morgan fingerprint density at radius 2 is 1.00 bits per heavy atom. The van der Waals surface area contributed by atoms with Gasteiger partial charge in [0, 0.05) is 0 Å². The molecule has 0 aromatic rings. The standard InChI is InChI=1S/C9H15NO3.H2O4S/c1-7(11)4-10(5-8(2)12)6-9(3)13;1-5(2,3)4/h4-6H2,1-3H3;(H2,1,2,3,4). The second-order valence-corrected chi connectivity index (χ2v) is 4.59. The fraction of sp³-hybridized carbons (Fsp3) is 0.667. The Balaban J connectivity index is 0. The van der Waals surface area contributed by atoms with Gasteiger partial charge in [-0.2, -0.15) is 8.42 Å². The van der Waals surface area contributed by atoms with Crippen molar-refractivity contribution in [2.75, 3.05) is 19.6 Å². The van der Waals surface area contributed by atoms with E-state index in [1.54, 1.807) is 4.90 Å². The third-order valence-corrected chi connectivity index (χ3v) is 1.34. The molecule has 0 aliphatic rings. The quantitative estimate of drug-likeness (QED) is 0.618. The van der Waals surface area contributed by atoms with E-state index in [0.717, 1.165) is 0 Å². The lowest BCUT2D eigenvalue weighted by Gasteiger charge is -2.17. The lowest BCUT2D eigenvalue weighted by atomic mass is 10.3. The van der Waals surface area contributed by atoms with E-state index >= 15 is 0 Å². The van der Waals surface area contributed by atoms with Crippen molar-refractivity contribution in [1.82, 2.24) is 4.90 Å². The SMILES string of the molecule is CC(=O)CN(CC(C)=O)CC(C)=O.O=S(=O)(O)O. The van der Waals surface area contributed by atoms with Crippen LogP contribution in [0.3, 0.4) is 0 Å². The molecule has 0 saturated carbocycles. The highest BCUT2D eigenvalue weighted by Crippen LogP contribution is 1.90. The lowest BCUT2D eigenvalue weighted by molar-refractivity contribution is -0.123. The van der Waals surface area contributed by atoms with E-state index in [2.05, 4.69) is 0 Å². The predicted molar refractivity (Wildman–Crippen MR) is 62.7 cm³/mol. The highest BCUT2D eigenvalue weighted by Gasteiger charge is 2.11. The van der Waals surface area contributed by atoms with Crippen molar-refractivity contribution in [1.29, 1.82) is 0 Å². The van der Waals surface area contributed by atoms with Gasteiger partial charge in [-0.15, -0.1) is 0 Å². The Morgan fingerprint density at radius 1 is 0.833 bits per heavy atom. The number of rotatable bonds is 6. The van der Waals surface area contributed by atoms with E-state index in [4.69, 9.17) is 17.5 Å². The average Bonchev–Trinajstić information content (AvgIpc) is 1.94. The van der Waals surface area contributed by atoms with E-state index in [1.807, 2.05) is 0 Å². The molecule has 0 spiro atoms. The first-order valence-corrected chi connectivity index (χ1v) is 6.22. The highest BCUT2D eigenvalue weighted by molar-refractivity contribution is 7.79. The van der Waals surface area contributed by atoms with Crippen LogP contribution in [0.25, 0.3) is 0 Å². The second kappa shape index (κ2) is 8.86. The van der Waals surface area contributed by atoms with Crippen LogP contribution in [-0.2, 0) is 24.8 Å². The minimum Gasteiger partial charge on any atom is -0.299 e. The summed E-state index contributed by atoms with van der Waals surface area (Å²) in [4.78, 5) is 33.8. The monoisotopic (exact) mass is 283 g/mol. The molecule has 0 rings (SSSR count). The third kappa shape index (κ3) is 24.2. The molecule has 0 heterocycles. The molecule has 18 heavy (non-hydrogen) atoms. The van der Waals surface area contributed by atoms with Gasteiger partial charge in [-0.3, -0.25) is 28.4 Å². The van der Waals surface area contributed by atoms with Crippen LogP contribution in [0.2, 0.25) is 0 Å². The minimum atomic E-state index is -4.67. The van der Waals surface area contributed by atoms with Gasteiger partial charge < -0.3 is 0 Å². The minimum absolute atomic E-state index is 0.0394. The van der Waals surface area contributed by atoms with Crippen molar-refractivity contribution in [2.45, 2.75) is 20.8 Å². The van der Waals surface area contributed by atoms with E-state index in [-0.39, 0.29) is 37.0 Å². The molecule has 0 unspecified atom stereocenters. The Morgan fingerprint density at radius 3 is 1.11 bits per heavy atom. The Hall–Kier alpha value is -1.16. The number of nitrogens with zero attached hydrogens (tertiary/aromatic N) is 1. The van der Waals surface area contributed by atoms with Gasteiger partial charge in [0.1, 0.15) is 17.3 Å². The molecule has 106 valence electrons. The van der Waals surface area contributed by atoms with E-state index in [9.17, 15) is 14.4 Å². The van der Waals surface area contributed by atoms with Crippen LogP contribution in [0.4, 0.5) is 0 Å². The van der Waals surface area contributed by atoms with Crippen LogP contribution >= 0.6 is 0 Å². The zero-order chi connectivity index (χ0) is 14.9. The zero-order valence-electron chi connectivity index (χ0n) is 10.4. The Kier molecular flexibility index (Phi) is 9.45. The van der Waals surface area contributed by atoms with Crippen molar-refractivity contribution in [2.24, 2.45) is 0 Å². The van der Waals surface area contributed by atoms with Crippen LogP contribution in [0.1, 0.15) is 20.8 Å². The molecule has 8 nitrogen and oxygen atoms in total. The number of hydrogen-bond donors (Lipinski definition) is 2. The molecule has 0 bridgehead atoms. The molecular weight excluding hydrogens is 266 g/mol. The summed E-state index contributed by atoms with van der Waals surface area (Å²) in [5.74, 6) is -0.118. The molecule has 0 fully saturated rings. The molecule has 0 amide bonds. The number of carbonyl (C=O) groups excluding carboxylic acids is 3. The van der Waals surface area contributed by atoms with Gasteiger partial charge in [0.2, 0.25) is 0 Å². The molecule has 0 radical (unpaired) electrons.